The molecule has 0 atom stereocenters. The molecule has 0 radical (unpaired) electrons. The maximum Gasteiger partial charge on any atom is 0.209 e. The molecule has 0 saturated carbocycles. The third-order valence-electron chi connectivity index (χ3n) is 2.46. The molecular weight excluding hydrogens is 266 g/mol. The second kappa shape index (κ2) is 6.62. The van der Waals surface area contributed by atoms with E-state index in [-0.39, 0.29) is 0 Å². The van der Waals surface area contributed by atoms with Crippen LogP contribution >= 0.6 is 11.8 Å². The summed E-state index contributed by atoms with van der Waals surface area (Å²) >= 11 is 1.52. The SMILES string of the molecule is Cc1nonc1CSc1nnnn1CCNC(C)C. The van der Waals surface area contributed by atoms with E-state index >= 15 is 0 Å². The summed E-state index contributed by atoms with van der Waals surface area (Å²) in [6.07, 6.45) is 0. The molecule has 0 bridgehead atoms. The lowest BCUT2D eigenvalue weighted by Gasteiger charge is -2.08. The van der Waals surface area contributed by atoms with Crippen LogP contribution in [-0.2, 0) is 12.3 Å². The van der Waals surface area contributed by atoms with Crippen molar-refractivity contribution in [2.24, 2.45) is 0 Å². The van der Waals surface area contributed by atoms with Gasteiger partial charge >= 0.3 is 0 Å². The molecule has 2 aromatic heterocycles. The van der Waals surface area contributed by atoms with Crippen molar-refractivity contribution in [2.75, 3.05) is 6.54 Å². The molecule has 0 aliphatic heterocycles. The van der Waals surface area contributed by atoms with Crippen molar-refractivity contribution < 1.29 is 4.63 Å². The number of aryl methyl sites for hydroxylation is 1. The van der Waals surface area contributed by atoms with Crippen molar-refractivity contribution in [3.8, 4) is 0 Å². The number of nitrogens with zero attached hydrogens (tertiary/aromatic N) is 6. The molecule has 1 N–H and O–H groups in total. The van der Waals surface area contributed by atoms with Gasteiger partial charge in [0.2, 0.25) is 5.16 Å². The van der Waals surface area contributed by atoms with Crippen LogP contribution in [-0.4, -0.2) is 43.1 Å². The van der Waals surface area contributed by atoms with Crippen LogP contribution in [0.5, 0.6) is 0 Å². The molecule has 2 aromatic rings. The van der Waals surface area contributed by atoms with Crippen LogP contribution < -0.4 is 5.32 Å². The quantitative estimate of drug-likeness (QED) is 0.740. The highest BCUT2D eigenvalue weighted by Gasteiger charge is 2.10. The lowest BCUT2D eigenvalue weighted by molar-refractivity contribution is 0.302. The Hall–Kier alpha value is -1.48. The van der Waals surface area contributed by atoms with E-state index in [4.69, 9.17) is 0 Å². The third-order valence-corrected chi connectivity index (χ3v) is 3.43. The molecule has 9 heteroatoms. The number of thioether (sulfide) groups is 1. The molecule has 0 aromatic carbocycles. The molecule has 2 rings (SSSR count). The van der Waals surface area contributed by atoms with Crippen molar-refractivity contribution in [1.82, 2.24) is 35.8 Å². The zero-order chi connectivity index (χ0) is 13.7. The summed E-state index contributed by atoms with van der Waals surface area (Å²) in [5, 5.41) is 23.3. The molecule has 0 amide bonds. The van der Waals surface area contributed by atoms with Crippen molar-refractivity contribution in [1.29, 1.82) is 0 Å². The van der Waals surface area contributed by atoms with Gasteiger partial charge in [0.25, 0.3) is 0 Å². The standard InChI is InChI=1S/C10H17N7OS/c1-7(2)11-4-5-17-10(12-15-16-17)19-6-9-8(3)13-18-14-9/h7,11H,4-6H2,1-3H3. The minimum Gasteiger partial charge on any atom is -0.313 e. The molecule has 0 spiro atoms. The fourth-order valence-electron chi connectivity index (χ4n) is 1.41. The third kappa shape index (κ3) is 4.00. The highest BCUT2D eigenvalue weighted by atomic mass is 32.2. The van der Waals surface area contributed by atoms with Crippen LogP contribution in [0.4, 0.5) is 0 Å². The molecule has 0 aliphatic rings. The molecule has 2 heterocycles. The summed E-state index contributed by atoms with van der Waals surface area (Å²) in [6, 6.07) is 0.455. The van der Waals surface area contributed by atoms with Gasteiger partial charge in [-0.3, -0.25) is 0 Å². The molecule has 19 heavy (non-hydrogen) atoms. The van der Waals surface area contributed by atoms with E-state index in [1.54, 1.807) is 4.68 Å². The number of nitrogens with one attached hydrogen (secondary N) is 1. The van der Waals surface area contributed by atoms with Gasteiger partial charge in [0.05, 0.1) is 6.54 Å². The number of hydrogen-bond donors (Lipinski definition) is 1. The molecule has 0 unspecified atom stereocenters. The van der Waals surface area contributed by atoms with Gasteiger partial charge in [-0.25, -0.2) is 9.31 Å². The number of aromatic nitrogens is 6. The summed E-state index contributed by atoms with van der Waals surface area (Å²) in [5.41, 5.74) is 1.62. The van der Waals surface area contributed by atoms with Crippen molar-refractivity contribution >= 4 is 11.8 Å². The first-order valence-corrected chi connectivity index (χ1v) is 7.05. The molecule has 0 fully saturated rings. The number of tetrazole rings is 1. The molecule has 0 aliphatic carbocycles. The predicted octanol–water partition coefficient (Wildman–Crippen LogP) is 0.655. The summed E-state index contributed by atoms with van der Waals surface area (Å²) in [6.45, 7) is 7.65. The largest absolute Gasteiger partial charge is 0.313 e. The van der Waals surface area contributed by atoms with E-state index in [2.05, 4.69) is 49.6 Å². The first-order chi connectivity index (χ1) is 9.16. The van der Waals surface area contributed by atoms with E-state index in [1.807, 2.05) is 6.92 Å². The van der Waals surface area contributed by atoms with Crippen molar-refractivity contribution in [3.63, 3.8) is 0 Å². The van der Waals surface area contributed by atoms with Crippen LogP contribution in [0.3, 0.4) is 0 Å². The topological polar surface area (TPSA) is 94.6 Å². The zero-order valence-electron chi connectivity index (χ0n) is 11.2. The van der Waals surface area contributed by atoms with Gasteiger partial charge in [0, 0.05) is 18.3 Å². The predicted molar refractivity (Wildman–Crippen MR) is 69.6 cm³/mol. The molecular formula is C10H17N7OS. The van der Waals surface area contributed by atoms with Crippen molar-refractivity contribution in [3.05, 3.63) is 11.4 Å². The number of hydrogen-bond acceptors (Lipinski definition) is 8. The Morgan fingerprint density at radius 2 is 2.21 bits per heavy atom. The maximum atomic E-state index is 4.65. The highest BCUT2D eigenvalue weighted by molar-refractivity contribution is 7.98. The maximum absolute atomic E-state index is 4.65. The highest BCUT2D eigenvalue weighted by Crippen LogP contribution is 2.19. The minimum atomic E-state index is 0.455. The van der Waals surface area contributed by atoms with Crippen LogP contribution in [0.15, 0.2) is 9.79 Å². The number of rotatable bonds is 7. The van der Waals surface area contributed by atoms with Gasteiger partial charge < -0.3 is 5.32 Å². The Morgan fingerprint density at radius 3 is 2.89 bits per heavy atom. The summed E-state index contributed by atoms with van der Waals surface area (Å²) < 4.78 is 6.44. The summed E-state index contributed by atoms with van der Waals surface area (Å²) in [7, 11) is 0. The Bertz CT molecular complexity index is 509. The second-order valence-corrected chi connectivity index (χ2v) is 5.32. The van der Waals surface area contributed by atoms with Crippen LogP contribution in [0, 0.1) is 6.92 Å². The fourth-order valence-corrected chi connectivity index (χ4v) is 2.31. The van der Waals surface area contributed by atoms with E-state index in [0.717, 1.165) is 29.6 Å². The second-order valence-electron chi connectivity index (χ2n) is 4.38. The first kappa shape index (κ1) is 13.9. The van der Waals surface area contributed by atoms with Gasteiger partial charge in [-0.1, -0.05) is 35.9 Å². The van der Waals surface area contributed by atoms with Crippen LogP contribution in [0.2, 0.25) is 0 Å². The molecule has 104 valence electrons. The average Bonchev–Trinajstić information content (AvgIpc) is 2.95. The van der Waals surface area contributed by atoms with Crippen molar-refractivity contribution in [2.45, 2.75) is 44.3 Å². The Balaban J connectivity index is 1.87. The lowest BCUT2D eigenvalue weighted by Crippen LogP contribution is -2.27. The van der Waals surface area contributed by atoms with Gasteiger partial charge in [-0.05, 0) is 17.4 Å². The van der Waals surface area contributed by atoms with E-state index in [1.165, 1.54) is 11.8 Å². The first-order valence-electron chi connectivity index (χ1n) is 6.07. The van der Waals surface area contributed by atoms with E-state index in [9.17, 15) is 0 Å². The Kier molecular flexibility index (Phi) is 4.86. The summed E-state index contributed by atoms with van der Waals surface area (Å²) in [5.74, 6) is 0.646. The van der Waals surface area contributed by atoms with Gasteiger partial charge in [0.15, 0.2) is 0 Å². The molecule has 8 nitrogen and oxygen atoms in total. The van der Waals surface area contributed by atoms with Gasteiger partial charge in [-0.2, -0.15) is 0 Å². The normalized spacial score (nSPS) is 11.4. The van der Waals surface area contributed by atoms with Crippen LogP contribution in [0.1, 0.15) is 25.2 Å². The molecule has 0 saturated heterocycles. The average molecular weight is 283 g/mol. The van der Waals surface area contributed by atoms with Gasteiger partial charge in [-0.15, -0.1) is 5.10 Å². The Labute approximate surface area is 115 Å². The van der Waals surface area contributed by atoms with E-state index in [0.29, 0.717) is 11.8 Å². The summed E-state index contributed by atoms with van der Waals surface area (Å²) in [4.78, 5) is 0. The lowest BCUT2D eigenvalue weighted by atomic mass is 10.4. The Morgan fingerprint density at radius 1 is 1.37 bits per heavy atom. The minimum absolute atomic E-state index is 0.455. The van der Waals surface area contributed by atoms with Gasteiger partial charge in [0.1, 0.15) is 11.4 Å². The van der Waals surface area contributed by atoms with E-state index < -0.39 is 0 Å². The monoisotopic (exact) mass is 283 g/mol. The smallest absolute Gasteiger partial charge is 0.209 e. The zero-order valence-corrected chi connectivity index (χ0v) is 12.0. The fraction of sp³-hybridized carbons (Fsp3) is 0.700. The van der Waals surface area contributed by atoms with Crippen LogP contribution in [0.25, 0.3) is 0 Å².